The summed E-state index contributed by atoms with van der Waals surface area (Å²) in [4.78, 5) is 10.3. The lowest BCUT2D eigenvalue weighted by molar-refractivity contribution is -0.146. The number of carbonyl (C=O) groups excluding carboxylic acids is 1. The summed E-state index contributed by atoms with van der Waals surface area (Å²) in [6.45, 7) is -0.802. The molecular formula is C6H13NO6. The molecule has 7 heteroatoms. The fourth-order valence-electron chi connectivity index (χ4n) is 0.691. The molecule has 0 aromatic rings. The lowest BCUT2D eigenvalue weighted by atomic mass is 10.0. The van der Waals surface area contributed by atoms with Gasteiger partial charge in [0.1, 0.15) is 18.3 Å². The van der Waals surface area contributed by atoms with Gasteiger partial charge in [0.2, 0.25) is 5.91 Å². The topological polar surface area (TPSA) is 144 Å². The van der Waals surface area contributed by atoms with Crippen LogP contribution in [0.25, 0.3) is 0 Å². The van der Waals surface area contributed by atoms with E-state index in [1.807, 2.05) is 0 Å². The third-order valence-electron chi connectivity index (χ3n) is 1.55. The minimum absolute atomic E-state index is 0.802. The highest BCUT2D eigenvalue weighted by Gasteiger charge is 2.32. The van der Waals surface area contributed by atoms with Crippen molar-refractivity contribution in [3.63, 3.8) is 0 Å². The number of aliphatic hydroxyl groups is 5. The number of amides is 1. The maximum Gasteiger partial charge on any atom is 0.249 e. The van der Waals surface area contributed by atoms with Gasteiger partial charge in [0.15, 0.2) is 6.10 Å². The Balaban J connectivity index is 4.24. The first kappa shape index (κ1) is 12.3. The minimum atomic E-state index is -1.98. The zero-order valence-corrected chi connectivity index (χ0v) is 6.74. The summed E-state index contributed by atoms with van der Waals surface area (Å²) in [7, 11) is 0. The smallest absolute Gasteiger partial charge is 0.249 e. The van der Waals surface area contributed by atoms with Crippen LogP contribution < -0.4 is 5.73 Å². The fraction of sp³-hybridized carbons (Fsp3) is 0.833. The normalized spacial score (nSPS) is 20.4. The van der Waals surface area contributed by atoms with E-state index in [0.29, 0.717) is 0 Å². The molecule has 4 atom stereocenters. The Kier molecular flexibility index (Phi) is 4.81. The molecule has 7 N–H and O–H groups in total. The quantitative estimate of drug-likeness (QED) is 0.263. The first-order valence-corrected chi connectivity index (χ1v) is 3.54. The van der Waals surface area contributed by atoms with Gasteiger partial charge in [-0.2, -0.15) is 0 Å². The van der Waals surface area contributed by atoms with Gasteiger partial charge >= 0.3 is 0 Å². The van der Waals surface area contributed by atoms with Crippen molar-refractivity contribution in [2.75, 3.05) is 6.61 Å². The highest BCUT2D eigenvalue weighted by atomic mass is 16.4. The molecule has 0 aromatic carbocycles. The molecule has 7 nitrogen and oxygen atoms in total. The van der Waals surface area contributed by atoms with Crippen molar-refractivity contribution in [1.82, 2.24) is 0 Å². The van der Waals surface area contributed by atoms with Crippen LogP contribution in [-0.2, 0) is 4.79 Å². The number of aliphatic hydroxyl groups excluding tert-OH is 5. The second-order valence-electron chi connectivity index (χ2n) is 2.58. The summed E-state index contributed by atoms with van der Waals surface area (Å²) in [5.74, 6) is -1.23. The van der Waals surface area contributed by atoms with Gasteiger partial charge in [-0.05, 0) is 0 Å². The van der Waals surface area contributed by atoms with E-state index < -0.39 is 36.9 Å². The summed E-state index contributed by atoms with van der Waals surface area (Å²) in [5.41, 5.74) is 4.61. The van der Waals surface area contributed by atoms with Crippen LogP contribution in [-0.4, -0.2) is 62.5 Å². The fourth-order valence-corrected chi connectivity index (χ4v) is 0.691. The summed E-state index contributed by atoms with van der Waals surface area (Å²) >= 11 is 0. The molecule has 0 saturated heterocycles. The standard InChI is InChI=1S/C6H13NO6/c7-6(13)5(12)4(11)3(10)2(9)1-8/h2-5,8-12H,1H2,(H2,7,13)/t2-,3-,4+,5+/m1/s1. The van der Waals surface area contributed by atoms with Gasteiger partial charge in [-0.3, -0.25) is 4.79 Å². The van der Waals surface area contributed by atoms with E-state index in [1.54, 1.807) is 0 Å². The van der Waals surface area contributed by atoms with E-state index in [-0.39, 0.29) is 0 Å². The van der Waals surface area contributed by atoms with E-state index in [1.165, 1.54) is 0 Å². The Labute approximate surface area is 74.0 Å². The number of carbonyl (C=O) groups is 1. The molecule has 0 heterocycles. The maximum atomic E-state index is 10.3. The predicted octanol–water partition coefficient (Wildman–Crippen LogP) is -4.09. The molecule has 0 aliphatic rings. The maximum absolute atomic E-state index is 10.3. The van der Waals surface area contributed by atoms with Crippen molar-refractivity contribution in [2.24, 2.45) is 5.73 Å². The average Bonchev–Trinajstić information content (AvgIpc) is 2.12. The molecule has 0 saturated carbocycles. The lowest BCUT2D eigenvalue weighted by Gasteiger charge is -2.23. The van der Waals surface area contributed by atoms with Crippen molar-refractivity contribution >= 4 is 5.91 Å². The van der Waals surface area contributed by atoms with Gasteiger partial charge in [-0.1, -0.05) is 0 Å². The Morgan fingerprint density at radius 2 is 1.62 bits per heavy atom. The average molecular weight is 195 g/mol. The van der Waals surface area contributed by atoms with E-state index in [2.05, 4.69) is 5.73 Å². The molecule has 0 aliphatic heterocycles. The molecule has 1 amide bonds. The lowest BCUT2D eigenvalue weighted by Crippen LogP contribution is -2.50. The summed E-state index contributed by atoms with van der Waals surface area (Å²) in [6.07, 6.45) is -7.35. The molecular weight excluding hydrogens is 182 g/mol. The molecule has 0 unspecified atom stereocenters. The number of primary amides is 1. The third kappa shape index (κ3) is 3.25. The Bertz CT molecular complexity index is 175. The number of rotatable bonds is 5. The van der Waals surface area contributed by atoms with Gasteiger partial charge < -0.3 is 31.3 Å². The summed E-state index contributed by atoms with van der Waals surface area (Å²) < 4.78 is 0. The molecule has 0 spiro atoms. The Hall–Kier alpha value is -0.730. The van der Waals surface area contributed by atoms with Crippen molar-refractivity contribution in [3.05, 3.63) is 0 Å². The van der Waals surface area contributed by atoms with Gasteiger partial charge in [0, 0.05) is 0 Å². The molecule has 0 aliphatic carbocycles. The third-order valence-corrected chi connectivity index (χ3v) is 1.55. The second kappa shape index (κ2) is 5.10. The molecule has 0 rings (SSSR count). The number of hydrogen-bond acceptors (Lipinski definition) is 6. The van der Waals surface area contributed by atoms with Crippen LogP contribution >= 0.6 is 0 Å². The number of nitrogens with two attached hydrogens (primary N) is 1. The minimum Gasteiger partial charge on any atom is -0.394 e. The Morgan fingerprint density at radius 3 is 1.92 bits per heavy atom. The highest BCUT2D eigenvalue weighted by molar-refractivity contribution is 5.79. The molecule has 0 fully saturated rings. The largest absolute Gasteiger partial charge is 0.394 e. The molecule has 78 valence electrons. The van der Waals surface area contributed by atoms with Crippen molar-refractivity contribution in [3.8, 4) is 0 Å². The summed E-state index contributed by atoms with van der Waals surface area (Å²) in [6, 6.07) is 0. The van der Waals surface area contributed by atoms with E-state index in [0.717, 1.165) is 0 Å². The molecule has 0 aromatic heterocycles. The van der Waals surface area contributed by atoms with Crippen LogP contribution in [0, 0.1) is 0 Å². The first-order valence-electron chi connectivity index (χ1n) is 3.54. The SMILES string of the molecule is NC(=O)[C@@H](O)[C@@H](O)[C@H](O)[C@H](O)CO. The Morgan fingerprint density at radius 1 is 1.15 bits per heavy atom. The van der Waals surface area contributed by atoms with Crippen molar-refractivity contribution in [1.29, 1.82) is 0 Å². The predicted molar refractivity (Wildman–Crippen MR) is 40.3 cm³/mol. The van der Waals surface area contributed by atoms with Gasteiger partial charge in [0.05, 0.1) is 6.61 Å². The van der Waals surface area contributed by atoms with E-state index >= 15 is 0 Å². The van der Waals surface area contributed by atoms with Crippen molar-refractivity contribution < 1.29 is 30.3 Å². The first-order chi connectivity index (χ1) is 5.91. The zero-order valence-electron chi connectivity index (χ0n) is 6.74. The van der Waals surface area contributed by atoms with Crippen LogP contribution in [0.5, 0.6) is 0 Å². The molecule has 0 bridgehead atoms. The zero-order chi connectivity index (χ0) is 10.6. The van der Waals surface area contributed by atoms with E-state index in [9.17, 15) is 4.79 Å². The number of hydrogen-bond donors (Lipinski definition) is 6. The molecule has 13 heavy (non-hydrogen) atoms. The van der Waals surface area contributed by atoms with Crippen LogP contribution in [0.3, 0.4) is 0 Å². The van der Waals surface area contributed by atoms with Crippen LogP contribution in [0.2, 0.25) is 0 Å². The van der Waals surface area contributed by atoms with Gasteiger partial charge in [-0.25, -0.2) is 0 Å². The second-order valence-corrected chi connectivity index (χ2v) is 2.58. The van der Waals surface area contributed by atoms with Crippen LogP contribution in [0.1, 0.15) is 0 Å². The summed E-state index contributed by atoms with van der Waals surface area (Å²) in [5, 5.41) is 44.0. The highest BCUT2D eigenvalue weighted by Crippen LogP contribution is 2.04. The van der Waals surface area contributed by atoms with Crippen molar-refractivity contribution in [2.45, 2.75) is 24.4 Å². The van der Waals surface area contributed by atoms with E-state index in [4.69, 9.17) is 25.5 Å². The van der Waals surface area contributed by atoms with Gasteiger partial charge in [0.25, 0.3) is 0 Å². The van der Waals surface area contributed by atoms with Crippen LogP contribution in [0.15, 0.2) is 0 Å². The van der Waals surface area contributed by atoms with Crippen LogP contribution in [0.4, 0.5) is 0 Å². The monoisotopic (exact) mass is 195 g/mol. The van der Waals surface area contributed by atoms with Gasteiger partial charge in [-0.15, -0.1) is 0 Å². The molecule has 0 radical (unpaired) electrons.